The third kappa shape index (κ3) is 2.69. The van der Waals surface area contributed by atoms with Gasteiger partial charge in [0.15, 0.2) is 0 Å². The van der Waals surface area contributed by atoms with Gasteiger partial charge in [-0.2, -0.15) is 16.4 Å². The molecule has 0 saturated carbocycles. The zero-order chi connectivity index (χ0) is 19.0. The number of H-pyrrole nitrogens is 1. The molecule has 1 atom stereocenters. The zero-order valence-corrected chi connectivity index (χ0v) is 16.4. The van der Waals surface area contributed by atoms with Crippen molar-refractivity contribution in [2.75, 3.05) is 7.11 Å². The fraction of sp³-hybridized carbons (Fsp3) is 0.125. The number of thiophene rings is 1. The number of fused-ring (bicyclic) bond motifs is 1. The van der Waals surface area contributed by atoms with E-state index in [9.17, 15) is 0 Å². The molecular formula is C24H20N2OS. The molecule has 1 N–H and O–H groups in total. The minimum Gasteiger partial charge on any atom is -0.497 e. The maximum atomic E-state index is 5.51. The molecule has 4 aromatic rings. The van der Waals surface area contributed by atoms with E-state index in [4.69, 9.17) is 4.74 Å². The molecule has 0 spiro atoms. The molecule has 0 radical (unpaired) electrons. The molecular weight excluding hydrogens is 364 g/mol. The maximum absolute atomic E-state index is 5.51. The van der Waals surface area contributed by atoms with E-state index in [1.807, 2.05) is 6.07 Å². The maximum Gasteiger partial charge on any atom is 0.119 e. The van der Waals surface area contributed by atoms with Crippen LogP contribution >= 0.6 is 11.3 Å². The van der Waals surface area contributed by atoms with Gasteiger partial charge in [-0.05, 0) is 34.7 Å². The molecule has 0 saturated heterocycles. The van der Waals surface area contributed by atoms with Crippen LogP contribution in [-0.2, 0) is 11.8 Å². The molecule has 0 aliphatic heterocycles. The van der Waals surface area contributed by atoms with E-state index in [2.05, 4.69) is 87.7 Å². The van der Waals surface area contributed by atoms with E-state index in [-0.39, 0.29) is 5.41 Å². The Bertz CT molecular complexity index is 1130. The predicted octanol–water partition coefficient (Wildman–Crippen LogP) is 5.70. The van der Waals surface area contributed by atoms with Crippen LogP contribution in [-0.4, -0.2) is 17.3 Å². The Morgan fingerprint density at radius 3 is 2.68 bits per heavy atom. The fourth-order valence-electron chi connectivity index (χ4n) is 4.08. The van der Waals surface area contributed by atoms with Crippen molar-refractivity contribution in [3.05, 3.63) is 99.9 Å². The highest BCUT2D eigenvalue weighted by molar-refractivity contribution is 7.08. The summed E-state index contributed by atoms with van der Waals surface area (Å²) < 4.78 is 5.51. The minimum atomic E-state index is -0.263. The number of aromatic nitrogens is 2. The second-order valence-corrected chi connectivity index (χ2v) is 7.84. The summed E-state index contributed by atoms with van der Waals surface area (Å²) in [5, 5.41) is 12.2. The van der Waals surface area contributed by atoms with Crippen molar-refractivity contribution >= 4 is 17.4 Å². The summed E-state index contributed by atoms with van der Waals surface area (Å²) in [6.07, 6.45) is 5.37. The van der Waals surface area contributed by atoms with Gasteiger partial charge < -0.3 is 4.74 Å². The van der Waals surface area contributed by atoms with Gasteiger partial charge in [0.05, 0.1) is 7.11 Å². The molecule has 1 aliphatic rings. The average Bonchev–Trinajstić information content (AvgIpc) is 3.43. The van der Waals surface area contributed by atoms with Crippen LogP contribution in [0.4, 0.5) is 0 Å². The van der Waals surface area contributed by atoms with E-state index >= 15 is 0 Å². The first-order chi connectivity index (χ1) is 13.8. The zero-order valence-electron chi connectivity index (χ0n) is 15.6. The quantitative estimate of drug-likeness (QED) is 0.490. The second-order valence-electron chi connectivity index (χ2n) is 7.06. The molecule has 2 aromatic heterocycles. The summed E-state index contributed by atoms with van der Waals surface area (Å²) in [7, 11) is 1.71. The van der Waals surface area contributed by atoms with Crippen molar-refractivity contribution in [3.63, 3.8) is 0 Å². The summed E-state index contributed by atoms with van der Waals surface area (Å²) in [5.41, 5.74) is 6.76. The Kier molecular flexibility index (Phi) is 4.14. The lowest BCUT2D eigenvalue weighted by Crippen LogP contribution is -2.30. The van der Waals surface area contributed by atoms with Crippen LogP contribution in [0.25, 0.3) is 17.3 Å². The predicted molar refractivity (Wildman–Crippen MR) is 115 cm³/mol. The van der Waals surface area contributed by atoms with Gasteiger partial charge in [0, 0.05) is 34.0 Å². The summed E-state index contributed by atoms with van der Waals surface area (Å²) >= 11 is 1.69. The number of benzene rings is 2. The van der Waals surface area contributed by atoms with Gasteiger partial charge in [0.25, 0.3) is 0 Å². The molecule has 0 fully saturated rings. The second kappa shape index (κ2) is 6.80. The number of aromatic amines is 1. The Morgan fingerprint density at radius 1 is 1.04 bits per heavy atom. The molecule has 138 valence electrons. The molecule has 2 aromatic carbocycles. The third-order valence-electron chi connectivity index (χ3n) is 5.54. The number of nitrogens with zero attached hydrogens (tertiary/aromatic N) is 1. The number of rotatable bonds is 4. The molecule has 1 unspecified atom stereocenters. The molecule has 0 amide bonds. The minimum absolute atomic E-state index is 0.263. The van der Waals surface area contributed by atoms with E-state index < -0.39 is 0 Å². The Hall–Kier alpha value is -3.11. The monoisotopic (exact) mass is 384 g/mol. The highest BCUT2D eigenvalue weighted by Gasteiger charge is 2.36. The SMILES string of the molecule is COc1cccc(C2(c3ccccc3)C=Cc3c(-c4ccsc4)n[nH]c3C2)c1. The summed E-state index contributed by atoms with van der Waals surface area (Å²) in [6, 6.07) is 21.2. The number of hydrogen-bond donors (Lipinski definition) is 1. The summed E-state index contributed by atoms with van der Waals surface area (Å²) in [4.78, 5) is 0. The van der Waals surface area contributed by atoms with Crippen molar-refractivity contribution in [3.8, 4) is 17.0 Å². The number of ether oxygens (including phenoxy) is 1. The van der Waals surface area contributed by atoms with Gasteiger partial charge in [-0.25, -0.2) is 0 Å². The highest BCUT2D eigenvalue weighted by Crippen LogP contribution is 2.43. The molecule has 4 heteroatoms. The van der Waals surface area contributed by atoms with Crippen molar-refractivity contribution in [2.24, 2.45) is 0 Å². The van der Waals surface area contributed by atoms with Gasteiger partial charge in [0.1, 0.15) is 11.4 Å². The van der Waals surface area contributed by atoms with E-state index in [0.717, 1.165) is 23.6 Å². The van der Waals surface area contributed by atoms with E-state index in [1.54, 1.807) is 18.4 Å². The van der Waals surface area contributed by atoms with Crippen LogP contribution in [0.15, 0.2) is 77.5 Å². The van der Waals surface area contributed by atoms with Crippen molar-refractivity contribution < 1.29 is 4.74 Å². The van der Waals surface area contributed by atoms with Crippen molar-refractivity contribution in [1.29, 1.82) is 0 Å². The fourth-order valence-corrected chi connectivity index (χ4v) is 4.72. The average molecular weight is 385 g/mol. The Labute approximate surface area is 168 Å². The number of methoxy groups -OCH3 is 1. The first-order valence-corrected chi connectivity index (χ1v) is 10.2. The van der Waals surface area contributed by atoms with Gasteiger partial charge in [-0.15, -0.1) is 0 Å². The van der Waals surface area contributed by atoms with Crippen LogP contribution in [0, 0.1) is 0 Å². The lowest BCUT2D eigenvalue weighted by atomic mass is 9.68. The third-order valence-corrected chi connectivity index (χ3v) is 6.22. The van der Waals surface area contributed by atoms with Crippen molar-refractivity contribution in [1.82, 2.24) is 10.2 Å². The van der Waals surface area contributed by atoms with E-state index in [0.29, 0.717) is 0 Å². The lowest BCUT2D eigenvalue weighted by Gasteiger charge is -2.34. The van der Waals surface area contributed by atoms with Crippen molar-refractivity contribution in [2.45, 2.75) is 11.8 Å². The van der Waals surface area contributed by atoms with Gasteiger partial charge in [0.2, 0.25) is 0 Å². The number of nitrogens with one attached hydrogen (secondary N) is 1. The molecule has 0 bridgehead atoms. The molecule has 28 heavy (non-hydrogen) atoms. The highest BCUT2D eigenvalue weighted by atomic mass is 32.1. The van der Waals surface area contributed by atoms with Gasteiger partial charge >= 0.3 is 0 Å². The first-order valence-electron chi connectivity index (χ1n) is 9.29. The molecule has 5 rings (SSSR count). The largest absolute Gasteiger partial charge is 0.497 e. The number of allylic oxidation sites excluding steroid dienone is 1. The first kappa shape index (κ1) is 17.0. The topological polar surface area (TPSA) is 37.9 Å². The van der Waals surface area contributed by atoms with E-state index in [1.165, 1.54) is 22.3 Å². The Balaban J connectivity index is 1.67. The van der Waals surface area contributed by atoms with Crippen LogP contribution in [0.3, 0.4) is 0 Å². The van der Waals surface area contributed by atoms with Crippen LogP contribution in [0.2, 0.25) is 0 Å². The van der Waals surface area contributed by atoms with Crippen LogP contribution in [0.1, 0.15) is 22.4 Å². The standard InChI is InChI=1S/C24H20N2OS/c1-27-20-9-5-8-19(14-20)24(18-6-3-2-4-7-18)12-10-21-22(15-24)25-26-23(21)17-11-13-28-16-17/h2-14,16H,15H2,1H3,(H,25,26). The molecule has 1 aliphatic carbocycles. The summed E-state index contributed by atoms with van der Waals surface area (Å²) in [5.74, 6) is 0.871. The lowest BCUT2D eigenvalue weighted by molar-refractivity contribution is 0.413. The number of hydrogen-bond acceptors (Lipinski definition) is 3. The van der Waals surface area contributed by atoms with Gasteiger partial charge in [-0.1, -0.05) is 54.6 Å². The van der Waals surface area contributed by atoms with Gasteiger partial charge in [-0.3, -0.25) is 5.10 Å². The van der Waals surface area contributed by atoms with Crippen LogP contribution in [0.5, 0.6) is 5.75 Å². The molecule has 2 heterocycles. The smallest absolute Gasteiger partial charge is 0.119 e. The summed E-state index contributed by atoms with van der Waals surface area (Å²) in [6.45, 7) is 0. The van der Waals surface area contributed by atoms with Crippen LogP contribution < -0.4 is 4.74 Å². The molecule has 3 nitrogen and oxygen atoms in total. The normalized spacial score (nSPS) is 18.0. The Morgan fingerprint density at radius 2 is 1.89 bits per heavy atom.